The molecule has 1 aliphatic heterocycles. The summed E-state index contributed by atoms with van der Waals surface area (Å²) in [4.78, 5) is 15.6. The maximum Gasteiger partial charge on any atom is 0.322 e. The molecule has 1 atom stereocenters. The van der Waals surface area contributed by atoms with Crippen LogP contribution in [-0.2, 0) is 4.74 Å². The van der Waals surface area contributed by atoms with Crippen LogP contribution < -0.4 is 10.6 Å². The first-order valence-electron chi connectivity index (χ1n) is 5.36. The van der Waals surface area contributed by atoms with E-state index in [0.717, 1.165) is 18.4 Å². The second-order valence-corrected chi connectivity index (χ2v) is 3.82. The van der Waals surface area contributed by atoms with Crippen LogP contribution in [0.1, 0.15) is 18.4 Å². The number of carbonyl (C=O) groups is 1. The lowest BCUT2D eigenvalue weighted by atomic mass is 10.3. The summed E-state index contributed by atoms with van der Waals surface area (Å²) in [6.07, 6.45) is 3.41. The fourth-order valence-corrected chi connectivity index (χ4v) is 1.53. The van der Waals surface area contributed by atoms with Gasteiger partial charge in [-0.25, -0.2) is 9.78 Å². The molecular formula is C11H15N3O2. The maximum atomic E-state index is 11.5. The minimum absolute atomic E-state index is 0.162. The average molecular weight is 221 g/mol. The van der Waals surface area contributed by atoms with Crippen molar-refractivity contribution in [2.75, 3.05) is 11.9 Å². The van der Waals surface area contributed by atoms with Gasteiger partial charge in [-0.15, -0.1) is 0 Å². The molecule has 1 aromatic rings. The fourth-order valence-electron chi connectivity index (χ4n) is 1.53. The van der Waals surface area contributed by atoms with Crippen molar-refractivity contribution in [1.29, 1.82) is 0 Å². The number of rotatable bonds is 2. The van der Waals surface area contributed by atoms with E-state index in [2.05, 4.69) is 15.6 Å². The molecule has 2 rings (SSSR count). The van der Waals surface area contributed by atoms with Gasteiger partial charge < -0.3 is 10.1 Å². The van der Waals surface area contributed by atoms with Gasteiger partial charge in [0.05, 0.1) is 0 Å². The molecule has 2 heterocycles. The molecule has 2 N–H and O–H groups in total. The number of nitrogens with zero attached hydrogens (tertiary/aromatic N) is 1. The number of amides is 2. The highest BCUT2D eigenvalue weighted by Gasteiger charge is 2.17. The minimum atomic E-state index is -0.275. The van der Waals surface area contributed by atoms with E-state index in [1.807, 2.05) is 13.0 Å². The number of pyridine rings is 1. The number of hydrogen-bond donors (Lipinski definition) is 2. The van der Waals surface area contributed by atoms with E-state index in [9.17, 15) is 4.79 Å². The molecule has 0 radical (unpaired) electrons. The van der Waals surface area contributed by atoms with E-state index in [1.54, 1.807) is 12.3 Å². The highest BCUT2D eigenvalue weighted by molar-refractivity contribution is 5.88. The first kappa shape index (κ1) is 10.9. The lowest BCUT2D eigenvalue weighted by Crippen LogP contribution is -2.37. The largest absolute Gasteiger partial charge is 0.358 e. The Morgan fingerprint density at radius 2 is 2.44 bits per heavy atom. The Balaban J connectivity index is 1.84. The van der Waals surface area contributed by atoms with Gasteiger partial charge in [0.1, 0.15) is 12.0 Å². The van der Waals surface area contributed by atoms with Crippen molar-refractivity contribution in [3.8, 4) is 0 Å². The van der Waals surface area contributed by atoms with Gasteiger partial charge >= 0.3 is 6.03 Å². The van der Waals surface area contributed by atoms with Gasteiger partial charge in [0.15, 0.2) is 0 Å². The van der Waals surface area contributed by atoms with Crippen LogP contribution in [0.25, 0.3) is 0 Å². The lowest BCUT2D eigenvalue weighted by molar-refractivity contribution is 0.0928. The van der Waals surface area contributed by atoms with Crippen LogP contribution >= 0.6 is 0 Å². The molecule has 0 bridgehead atoms. The van der Waals surface area contributed by atoms with Gasteiger partial charge in [0.25, 0.3) is 0 Å². The second kappa shape index (κ2) is 4.94. The number of aryl methyl sites for hydroxylation is 1. The summed E-state index contributed by atoms with van der Waals surface area (Å²) in [7, 11) is 0. The van der Waals surface area contributed by atoms with Crippen molar-refractivity contribution in [3.63, 3.8) is 0 Å². The zero-order valence-electron chi connectivity index (χ0n) is 9.19. The van der Waals surface area contributed by atoms with Crippen LogP contribution in [0.2, 0.25) is 0 Å². The number of urea groups is 1. The summed E-state index contributed by atoms with van der Waals surface area (Å²) in [6, 6.07) is 3.39. The molecule has 0 aliphatic carbocycles. The number of hydrogen-bond acceptors (Lipinski definition) is 3. The molecule has 1 unspecified atom stereocenters. The number of carbonyl (C=O) groups excluding carboxylic acids is 1. The van der Waals surface area contributed by atoms with Gasteiger partial charge in [-0.1, -0.05) is 6.07 Å². The topological polar surface area (TPSA) is 63.2 Å². The third-order valence-corrected chi connectivity index (χ3v) is 2.37. The number of nitrogens with one attached hydrogen (secondary N) is 2. The number of ether oxygens (including phenoxy) is 1. The Kier molecular flexibility index (Phi) is 3.36. The van der Waals surface area contributed by atoms with Gasteiger partial charge in [-0.2, -0.15) is 0 Å². The third kappa shape index (κ3) is 2.93. The smallest absolute Gasteiger partial charge is 0.322 e. The van der Waals surface area contributed by atoms with Gasteiger partial charge in [0.2, 0.25) is 0 Å². The van der Waals surface area contributed by atoms with E-state index < -0.39 is 0 Å². The zero-order valence-corrected chi connectivity index (χ0v) is 9.19. The SMILES string of the molecule is Cc1ccc(NC(=O)NC2CCCO2)nc1. The molecule has 1 fully saturated rings. The molecule has 1 saturated heterocycles. The summed E-state index contributed by atoms with van der Waals surface area (Å²) in [5.41, 5.74) is 1.06. The molecular weight excluding hydrogens is 206 g/mol. The van der Waals surface area contributed by atoms with E-state index in [-0.39, 0.29) is 12.3 Å². The van der Waals surface area contributed by atoms with Crippen molar-refractivity contribution in [2.24, 2.45) is 0 Å². The van der Waals surface area contributed by atoms with E-state index in [1.165, 1.54) is 0 Å². The molecule has 1 aromatic heterocycles. The minimum Gasteiger partial charge on any atom is -0.358 e. The molecule has 5 nitrogen and oxygen atoms in total. The summed E-state index contributed by atoms with van der Waals surface area (Å²) < 4.78 is 5.29. The number of aromatic nitrogens is 1. The molecule has 0 aromatic carbocycles. The summed E-state index contributed by atoms with van der Waals surface area (Å²) in [6.45, 7) is 2.66. The Morgan fingerprint density at radius 1 is 1.56 bits per heavy atom. The highest BCUT2D eigenvalue weighted by Crippen LogP contribution is 2.09. The molecule has 0 spiro atoms. The van der Waals surface area contributed by atoms with E-state index in [4.69, 9.17) is 4.74 Å². The Bertz CT molecular complexity index is 358. The Labute approximate surface area is 94.2 Å². The normalized spacial score (nSPS) is 19.4. The Morgan fingerprint density at radius 3 is 3.06 bits per heavy atom. The fraction of sp³-hybridized carbons (Fsp3) is 0.455. The first-order valence-corrected chi connectivity index (χ1v) is 5.36. The predicted molar refractivity (Wildman–Crippen MR) is 60.1 cm³/mol. The predicted octanol–water partition coefficient (Wildman–Crippen LogP) is 1.65. The highest BCUT2D eigenvalue weighted by atomic mass is 16.5. The average Bonchev–Trinajstić information content (AvgIpc) is 2.74. The van der Waals surface area contributed by atoms with Crippen LogP contribution in [0.3, 0.4) is 0 Å². The van der Waals surface area contributed by atoms with E-state index >= 15 is 0 Å². The third-order valence-electron chi connectivity index (χ3n) is 2.37. The van der Waals surface area contributed by atoms with Crippen LogP contribution in [0, 0.1) is 6.92 Å². The molecule has 5 heteroatoms. The van der Waals surface area contributed by atoms with Crippen molar-refractivity contribution in [1.82, 2.24) is 10.3 Å². The van der Waals surface area contributed by atoms with Crippen molar-refractivity contribution < 1.29 is 9.53 Å². The monoisotopic (exact) mass is 221 g/mol. The van der Waals surface area contributed by atoms with Gasteiger partial charge in [0, 0.05) is 12.8 Å². The lowest BCUT2D eigenvalue weighted by Gasteiger charge is -2.12. The van der Waals surface area contributed by atoms with E-state index in [0.29, 0.717) is 12.4 Å². The Hall–Kier alpha value is -1.62. The molecule has 0 saturated carbocycles. The van der Waals surface area contributed by atoms with Gasteiger partial charge in [-0.05, 0) is 31.4 Å². The van der Waals surface area contributed by atoms with Crippen molar-refractivity contribution in [2.45, 2.75) is 26.0 Å². The van der Waals surface area contributed by atoms with Crippen LogP contribution in [0.4, 0.5) is 10.6 Å². The second-order valence-electron chi connectivity index (χ2n) is 3.82. The van der Waals surface area contributed by atoms with Crippen molar-refractivity contribution in [3.05, 3.63) is 23.9 Å². The van der Waals surface area contributed by atoms with Crippen LogP contribution in [0.15, 0.2) is 18.3 Å². The van der Waals surface area contributed by atoms with Crippen LogP contribution in [0.5, 0.6) is 0 Å². The standard InChI is InChI=1S/C11H15N3O2/c1-8-4-5-9(12-7-8)13-11(15)14-10-3-2-6-16-10/h4-5,7,10H,2-3,6H2,1H3,(H2,12,13,14,15). The van der Waals surface area contributed by atoms with Crippen LogP contribution in [-0.4, -0.2) is 23.8 Å². The molecule has 16 heavy (non-hydrogen) atoms. The first-order chi connectivity index (χ1) is 7.74. The van der Waals surface area contributed by atoms with Gasteiger partial charge in [-0.3, -0.25) is 5.32 Å². The quantitative estimate of drug-likeness (QED) is 0.798. The zero-order chi connectivity index (χ0) is 11.4. The summed E-state index contributed by atoms with van der Waals surface area (Å²) >= 11 is 0. The number of anilines is 1. The summed E-state index contributed by atoms with van der Waals surface area (Å²) in [5.74, 6) is 0.543. The molecule has 2 amide bonds. The summed E-state index contributed by atoms with van der Waals surface area (Å²) in [5, 5.41) is 5.38. The van der Waals surface area contributed by atoms with Crippen molar-refractivity contribution >= 4 is 11.8 Å². The maximum absolute atomic E-state index is 11.5. The molecule has 86 valence electrons. The molecule has 1 aliphatic rings.